The fourth-order valence-corrected chi connectivity index (χ4v) is 4.16. The number of hydrogen-bond acceptors (Lipinski definition) is 2. The van der Waals surface area contributed by atoms with E-state index in [2.05, 4.69) is 31.2 Å². The molecule has 1 spiro atoms. The van der Waals surface area contributed by atoms with Crippen molar-refractivity contribution < 1.29 is 0 Å². The van der Waals surface area contributed by atoms with Gasteiger partial charge in [-0.15, -0.1) is 0 Å². The Balaban J connectivity index is -0.000000191. The molecule has 0 aromatic rings. The summed E-state index contributed by atoms with van der Waals surface area (Å²) in [7, 11) is 0. The first-order chi connectivity index (χ1) is 12.2. The van der Waals surface area contributed by atoms with Gasteiger partial charge in [-0.3, -0.25) is 0 Å². The van der Waals surface area contributed by atoms with Crippen LogP contribution in [0.4, 0.5) is 0 Å². The molecule has 1 heterocycles. The number of allylic oxidation sites excluding steroid dienone is 2. The Kier molecular flexibility index (Phi) is 30.9. The first-order valence-electron chi connectivity index (χ1n) is 10.8. The van der Waals surface area contributed by atoms with Crippen molar-refractivity contribution in [2.24, 2.45) is 5.41 Å². The zero-order chi connectivity index (χ0) is 20.9. The molecule has 1 aliphatic carbocycles. The predicted molar refractivity (Wildman–Crippen MR) is 126 cm³/mol. The van der Waals surface area contributed by atoms with Crippen molar-refractivity contribution in [1.82, 2.24) is 5.32 Å². The van der Waals surface area contributed by atoms with Crippen molar-refractivity contribution in [1.29, 1.82) is 0 Å². The average molecular weight is 374 g/mol. The summed E-state index contributed by atoms with van der Waals surface area (Å²) in [6.45, 7) is 28.7. The van der Waals surface area contributed by atoms with E-state index in [1.54, 1.807) is 5.57 Å². The van der Waals surface area contributed by atoms with E-state index in [9.17, 15) is 0 Å². The van der Waals surface area contributed by atoms with E-state index in [4.69, 9.17) is 0 Å². The number of thioether (sulfide) groups is 1. The molecule has 0 amide bonds. The Morgan fingerprint density at radius 2 is 1.32 bits per heavy atom. The highest BCUT2D eigenvalue weighted by Crippen LogP contribution is 2.51. The van der Waals surface area contributed by atoms with E-state index < -0.39 is 0 Å². The largest absolute Gasteiger partial charge is 0.317 e. The third-order valence-corrected chi connectivity index (χ3v) is 5.21. The van der Waals surface area contributed by atoms with Crippen LogP contribution in [0.15, 0.2) is 23.8 Å². The van der Waals surface area contributed by atoms with Gasteiger partial charge in [0.05, 0.1) is 0 Å². The lowest BCUT2D eigenvalue weighted by Crippen LogP contribution is -2.36. The lowest BCUT2D eigenvalue weighted by molar-refractivity contribution is 0.253. The van der Waals surface area contributed by atoms with Crippen molar-refractivity contribution >= 4 is 11.8 Å². The first-order valence-corrected chi connectivity index (χ1v) is 12.1. The summed E-state index contributed by atoms with van der Waals surface area (Å²) in [5.41, 5.74) is 3.64. The summed E-state index contributed by atoms with van der Waals surface area (Å²) >= 11 is 1.99. The molecule has 1 N–H and O–H groups in total. The molecule has 0 saturated carbocycles. The lowest BCUT2D eigenvalue weighted by atomic mass is 9.74. The van der Waals surface area contributed by atoms with Crippen LogP contribution in [0.25, 0.3) is 0 Å². The van der Waals surface area contributed by atoms with Crippen molar-refractivity contribution in [3.63, 3.8) is 0 Å². The normalized spacial score (nSPS) is 19.1. The maximum Gasteiger partial charge on any atom is 0.0302 e. The number of hydrogen-bond donors (Lipinski definition) is 1. The molecule has 1 atom stereocenters. The molecular weight excluding hydrogens is 322 g/mol. The monoisotopic (exact) mass is 373 g/mol. The van der Waals surface area contributed by atoms with Crippen molar-refractivity contribution in [2.45, 2.75) is 101 Å². The minimum atomic E-state index is 0.502. The number of nitrogens with one attached hydrogen (secondary N) is 1. The van der Waals surface area contributed by atoms with Gasteiger partial charge in [0.15, 0.2) is 0 Å². The molecule has 1 fully saturated rings. The smallest absolute Gasteiger partial charge is 0.0302 e. The molecule has 0 radical (unpaired) electrons. The quantitative estimate of drug-likeness (QED) is 0.524. The highest BCUT2D eigenvalue weighted by molar-refractivity contribution is 7.99. The molecule has 1 unspecified atom stereocenters. The predicted octanol–water partition coefficient (Wildman–Crippen LogP) is 8.13. The second kappa shape index (κ2) is 23.8. The van der Waals surface area contributed by atoms with Crippen molar-refractivity contribution in [2.75, 3.05) is 19.3 Å². The minimum Gasteiger partial charge on any atom is -0.317 e. The molecule has 1 saturated heterocycles. The van der Waals surface area contributed by atoms with Crippen LogP contribution in [-0.4, -0.2) is 24.6 Å². The summed E-state index contributed by atoms with van der Waals surface area (Å²) in [5, 5.41) is 4.16. The van der Waals surface area contributed by atoms with E-state index in [-0.39, 0.29) is 0 Å². The zero-order valence-electron chi connectivity index (χ0n) is 19.8. The van der Waals surface area contributed by atoms with E-state index in [0.29, 0.717) is 10.7 Å². The molecule has 1 nitrogen and oxygen atoms in total. The maximum absolute atomic E-state index is 3.98. The topological polar surface area (TPSA) is 12.0 Å². The van der Waals surface area contributed by atoms with Gasteiger partial charge in [0.25, 0.3) is 0 Å². The van der Waals surface area contributed by atoms with Crippen molar-refractivity contribution in [3.8, 4) is 0 Å². The fraction of sp³-hybridized carbons (Fsp3) is 0.826. The second-order valence-corrected chi connectivity index (χ2v) is 5.78. The lowest BCUT2D eigenvalue weighted by Gasteiger charge is -2.36. The molecule has 0 bridgehead atoms. The molecule has 2 heteroatoms. The van der Waals surface area contributed by atoms with Gasteiger partial charge in [0, 0.05) is 5.25 Å². The molecule has 2 aliphatic rings. The van der Waals surface area contributed by atoms with Gasteiger partial charge in [-0.2, -0.15) is 11.8 Å². The van der Waals surface area contributed by atoms with Crippen LogP contribution in [0.3, 0.4) is 0 Å². The summed E-state index contributed by atoms with van der Waals surface area (Å²) in [6, 6.07) is 0. The number of rotatable bonds is 2. The van der Waals surface area contributed by atoms with Crippen LogP contribution in [0.5, 0.6) is 0 Å². The Bertz CT molecular complexity index is 288. The molecule has 1 aliphatic heterocycles. The molecule has 154 valence electrons. The van der Waals surface area contributed by atoms with E-state index in [1.165, 1.54) is 37.9 Å². The maximum atomic E-state index is 3.98. The summed E-state index contributed by atoms with van der Waals surface area (Å²) in [6.07, 6.45) is 8.28. The highest BCUT2D eigenvalue weighted by Gasteiger charge is 2.42. The van der Waals surface area contributed by atoms with Crippen LogP contribution in [-0.2, 0) is 0 Å². The van der Waals surface area contributed by atoms with Crippen LogP contribution in [0.1, 0.15) is 95.4 Å². The molecule has 2 rings (SSSR count). The Morgan fingerprint density at radius 3 is 1.60 bits per heavy atom. The SMILES string of the molecule is C=CC1=C(C)C2(CCNCC2)CC1SC.CC.CC.CC.CC.CC. The second-order valence-electron chi connectivity index (χ2n) is 4.74. The summed E-state index contributed by atoms with van der Waals surface area (Å²) < 4.78 is 0. The van der Waals surface area contributed by atoms with Gasteiger partial charge in [0.1, 0.15) is 0 Å². The third kappa shape index (κ3) is 10.5. The van der Waals surface area contributed by atoms with E-state index in [0.717, 1.165) is 0 Å². The van der Waals surface area contributed by atoms with E-state index in [1.807, 2.05) is 81.0 Å². The average Bonchev–Trinajstić information content (AvgIpc) is 3.00. The van der Waals surface area contributed by atoms with Crippen LogP contribution in [0, 0.1) is 5.41 Å². The zero-order valence-corrected chi connectivity index (χ0v) is 20.6. The Morgan fingerprint density at radius 1 is 0.920 bits per heavy atom. The van der Waals surface area contributed by atoms with Gasteiger partial charge in [0.2, 0.25) is 0 Å². The highest BCUT2D eigenvalue weighted by atomic mass is 32.2. The van der Waals surface area contributed by atoms with Gasteiger partial charge in [-0.05, 0) is 56.5 Å². The standard InChI is InChI=1S/C13H21NS.5C2H6/c1-4-11-10(2)13(9-12(11)15-3)5-7-14-8-6-13;5*1-2/h4,12,14H,1,5-9H2,2-3H3;5*1-2H3. The Hall–Kier alpha value is -0.210. The summed E-state index contributed by atoms with van der Waals surface area (Å²) in [5.74, 6) is 0. The van der Waals surface area contributed by atoms with Crippen molar-refractivity contribution in [3.05, 3.63) is 23.8 Å². The molecule has 0 aromatic carbocycles. The molecular formula is C23H51NS. The van der Waals surface area contributed by atoms with Gasteiger partial charge in [-0.1, -0.05) is 87.5 Å². The number of piperidine rings is 1. The fourth-order valence-electron chi connectivity index (χ4n) is 3.14. The van der Waals surface area contributed by atoms with Crippen LogP contribution in [0.2, 0.25) is 0 Å². The van der Waals surface area contributed by atoms with Gasteiger partial charge >= 0.3 is 0 Å². The first kappa shape index (κ1) is 32.5. The van der Waals surface area contributed by atoms with Gasteiger partial charge in [-0.25, -0.2) is 0 Å². The third-order valence-electron chi connectivity index (χ3n) is 4.22. The van der Waals surface area contributed by atoms with Gasteiger partial charge < -0.3 is 5.32 Å². The van der Waals surface area contributed by atoms with E-state index >= 15 is 0 Å². The Labute approximate surface area is 166 Å². The molecule has 0 aromatic heterocycles. The minimum absolute atomic E-state index is 0.502. The van der Waals surface area contributed by atoms with Crippen LogP contribution < -0.4 is 5.32 Å². The summed E-state index contributed by atoms with van der Waals surface area (Å²) in [4.78, 5) is 0. The molecule has 25 heavy (non-hydrogen) atoms. The van der Waals surface area contributed by atoms with Crippen LogP contribution >= 0.6 is 11.8 Å².